The van der Waals surface area contributed by atoms with E-state index in [-0.39, 0.29) is 6.03 Å². The van der Waals surface area contributed by atoms with Gasteiger partial charge in [0.2, 0.25) is 0 Å². The average Bonchev–Trinajstić information content (AvgIpc) is 2.35. The highest BCUT2D eigenvalue weighted by Crippen LogP contribution is 2.17. The second-order valence-electron chi connectivity index (χ2n) is 3.68. The van der Waals surface area contributed by atoms with Crippen LogP contribution in [-0.2, 0) is 0 Å². The lowest BCUT2D eigenvalue weighted by molar-refractivity contribution is 0.262. The number of benzene rings is 2. The van der Waals surface area contributed by atoms with Crippen molar-refractivity contribution < 1.29 is 4.79 Å². The van der Waals surface area contributed by atoms with Crippen LogP contribution in [0.4, 0.5) is 21.9 Å². The van der Waals surface area contributed by atoms with Gasteiger partial charge in [-0.05, 0) is 59.0 Å². The van der Waals surface area contributed by atoms with Crippen molar-refractivity contribution in [2.24, 2.45) is 0 Å². The molecule has 0 saturated carbocycles. The Kier molecular flexibility index (Phi) is 4.03. The predicted octanol–water partition coefficient (Wildman–Crippen LogP) is 3.52. The number of nitrogen functional groups attached to an aromatic ring is 1. The molecule has 0 heterocycles. The monoisotopic (exact) mass is 353 g/mol. The number of nitrogens with two attached hydrogens (primary N) is 1. The van der Waals surface area contributed by atoms with Gasteiger partial charge < -0.3 is 16.4 Å². The van der Waals surface area contributed by atoms with Gasteiger partial charge in [-0.1, -0.05) is 12.1 Å². The fourth-order valence-electron chi connectivity index (χ4n) is 1.41. The molecule has 0 aliphatic heterocycles. The zero-order chi connectivity index (χ0) is 13.0. The van der Waals surface area contributed by atoms with Gasteiger partial charge >= 0.3 is 6.03 Å². The highest BCUT2D eigenvalue weighted by molar-refractivity contribution is 14.1. The zero-order valence-corrected chi connectivity index (χ0v) is 11.6. The van der Waals surface area contributed by atoms with Crippen LogP contribution in [0.2, 0.25) is 0 Å². The van der Waals surface area contributed by atoms with E-state index in [0.717, 1.165) is 9.26 Å². The molecule has 18 heavy (non-hydrogen) atoms. The lowest BCUT2D eigenvalue weighted by atomic mass is 10.3. The lowest BCUT2D eigenvalue weighted by Gasteiger charge is -2.09. The van der Waals surface area contributed by atoms with Crippen molar-refractivity contribution in [2.75, 3.05) is 16.4 Å². The first-order chi connectivity index (χ1) is 8.65. The van der Waals surface area contributed by atoms with Gasteiger partial charge in [0.05, 0.1) is 5.69 Å². The summed E-state index contributed by atoms with van der Waals surface area (Å²) in [6, 6.07) is 14.3. The molecule has 0 fully saturated rings. The number of rotatable bonds is 2. The maximum Gasteiger partial charge on any atom is 0.323 e. The third-order valence-electron chi connectivity index (χ3n) is 2.29. The van der Waals surface area contributed by atoms with Gasteiger partial charge in [0.15, 0.2) is 0 Å². The van der Waals surface area contributed by atoms with Crippen molar-refractivity contribution in [3.63, 3.8) is 0 Å². The Bertz CT molecular complexity index is 554. The number of carbonyl (C=O) groups excluding carboxylic acids is 1. The number of amides is 2. The molecular weight excluding hydrogens is 341 g/mol. The Morgan fingerprint density at radius 1 is 1.00 bits per heavy atom. The summed E-state index contributed by atoms with van der Waals surface area (Å²) < 4.78 is 0.988. The minimum Gasteiger partial charge on any atom is -0.399 e. The van der Waals surface area contributed by atoms with E-state index in [2.05, 4.69) is 33.2 Å². The summed E-state index contributed by atoms with van der Waals surface area (Å²) in [4.78, 5) is 11.8. The number of urea groups is 1. The lowest BCUT2D eigenvalue weighted by Crippen LogP contribution is -2.19. The van der Waals surface area contributed by atoms with E-state index in [1.165, 1.54) is 0 Å². The topological polar surface area (TPSA) is 67.1 Å². The maximum atomic E-state index is 11.8. The summed E-state index contributed by atoms with van der Waals surface area (Å²) >= 11 is 2.17. The first-order valence-electron chi connectivity index (χ1n) is 5.33. The largest absolute Gasteiger partial charge is 0.399 e. The molecule has 4 N–H and O–H groups in total. The van der Waals surface area contributed by atoms with Crippen LogP contribution < -0.4 is 16.4 Å². The molecule has 0 aliphatic rings. The first-order valence-corrected chi connectivity index (χ1v) is 6.41. The van der Waals surface area contributed by atoms with Crippen LogP contribution in [0.25, 0.3) is 0 Å². The number of halogens is 1. The third-order valence-corrected chi connectivity index (χ3v) is 3.23. The quantitative estimate of drug-likeness (QED) is 0.571. The molecule has 0 aliphatic carbocycles. The van der Waals surface area contributed by atoms with Gasteiger partial charge in [0.25, 0.3) is 0 Å². The van der Waals surface area contributed by atoms with Gasteiger partial charge in [0.1, 0.15) is 0 Å². The highest BCUT2D eigenvalue weighted by Gasteiger charge is 2.04. The summed E-state index contributed by atoms with van der Waals surface area (Å²) in [6.07, 6.45) is 0. The molecule has 2 aromatic rings. The minimum atomic E-state index is -0.274. The van der Waals surface area contributed by atoms with Gasteiger partial charge in [-0.2, -0.15) is 0 Å². The van der Waals surface area contributed by atoms with E-state index < -0.39 is 0 Å². The van der Waals surface area contributed by atoms with Crippen molar-refractivity contribution in [3.05, 3.63) is 52.1 Å². The molecular formula is C13H12IN3O. The summed E-state index contributed by atoms with van der Waals surface area (Å²) in [5.41, 5.74) is 7.72. The van der Waals surface area contributed by atoms with E-state index in [9.17, 15) is 4.79 Å². The number of anilines is 3. The molecule has 2 amide bonds. The van der Waals surface area contributed by atoms with E-state index in [0.29, 0.717) is 11.4 Å². The van der Waals surface area contributed by atoms with Crippen LogP contribution in [0, 0.1) is 3.57 Å². The summed E-state index contributed by atoms with van der Waals surface area (Å²) in [5.74, 6) is 0. The predicted molar refractivity (Wildman–Crippen MR) is 82.7 cm³/mol. The molecule has 0 radical (unpaired) electrons. The average molecular weight is 353 g/mol. The van der Waals surface area contributed by atoms with Crippen LogP contribution in [0.5, 0.6) is 0 Å². The summed E-state index contributed by atoms with van der Waals surface area (Å²) in [7, 11) is 0. The molecule has 2 rings (SSSR count). The Morgan fingerprint density at radius 2 is 1.67 bits per heavy atom. The van der Waals surface area contributed by atoms with Crippen LogP contribution >= 0.6 is 22.6 Å². The van der Waals surface area contributed by atoms with E-state index >= 15 is 0 Å². The molecule has 0 bridgehead atoms. The fraction of sp³-hybridized carbons (Fsp3) is 0. The summed E-state index contributed by atoms with van der Waals surface area (Å²) in [6.45, 7) is 0. The smallest absolute Gasteiger partial charge is 0.323 e. The van der Waals surface area contributed by atoms with Crippen molar-refractivity contribution in [1.29, 1.82) is 0 Å². The van der Waals surface area contributed by atoms with Crippen molar-refractivity contribution in [2.45, 2.75) is 0 Å². The van der Waals surface area contributed by atoms with Crippen molar-refractivity contribution in [1.82, 2.24) is 0 Å². The molecule has 0 aromatic heterocycles. The van der Waals surface area contributed by atoms with E-state index in [4.69, 9.17) is 5.73 Å². The number of hydrogen-bond donors (Lipinski definition) is 3. The van der Waals surface area contributed by atoms with Gasteiger partial charge in [0, 0.05) is 14.9 Å². The highest BCUT2D eigenvalue weighted by atomic mass is 127. The van der Waals surface area contributed by atoms with Crippen molar-refractivity contribution >= 4 is 45.7 Å². The number of hydrogen-bond acceptors (Lipinski definition) is 2. The Balaban J connectivity index is 2.01. The molecule has 4 nitrogen and oxygen atoms in total. The molecule has 0 spiro atoms. The second kappa shape index (κ2) is 5.72. The molecule has 0 saturated heterocycles. The maximum absolute atomic E-state index is 11.8. The molecule has 5 heteroatoms. The van der Waals surface area contributed by atoms with Crippen molar-refractivity contribution in [3.8, 4) is 0 Å². The molecule has 0 unspecified atom stereocenters. The van der Waals surface area contributed by atoms with Gasteiger partial charge in [-0.25, -0.2) is 4.79 Å². The Morgan fingerprint density at radius 3 is 2.33 bits per heavy atom. The van der Waals surface area contributed by atoms with E-state index in [1.807, 2.05) is 24.3 Å². The Hall–Kier alpha value is -1.76. The summed E-state index contributed by atoms with van der Waals surface area (Å²) in [5, 5.41) is 5.52. The Labute approximate surface area is 119 Å². The normalized spacial score (nSPS) is 9.83. The minimum absolute atomic E-state index is 0.274. The zero-order valence-electron chi connectivity index (χ0n) is 9.48. The van der Waals surface area contributed by atoms with E-state index in [1.54, 1.807) is 24.3 Å². The number of nitrogens with one attached hydrogen (secondary N) is 2. The second-order valence-corrected chi connectivity index (χ2v) is 4.84. The number of carbonyl (C=O) groups is 1. The van der Waals surface area contributed by atoms with Gasteiger partial charge in [-0.3, -0.25) is 0 Å². The van der Waals surface area contributed by atoms with Crippen LogP contribution in [0.3, 0.4) is 0 Å². The van der Waals surface area contributed by atoms with Crippen LogP contribution in [-0.4, -0.2) is 6.03 Å². The van der Waals surface area contributed by atoms with Gasteiger partial charge in [-0.15, -0.1) is 0 Å². The van der Waals surface area contributed by atoms with Crippen LogP contribution in [0.1, 0.15) is 0 Å². The first kappa shape index (κ1) is 12.7. The fourth-order valence-corrected chi connectivity index (χ4v) is 1.94. The number of para-hydroxylation sites is 1. The molecule has 0 atom stereocenters. The molecule has 2 aromatic carbocycles. The SMILES string of the molecule is Nc1ccc(NC(=O)Nc2ccccc2I)cc1. The van der Waals surface area contributed by atoms with Crippen LogP contribution in [0.15, 0.2) is 48.5 Å². The third kappa shape index (κ3) is 3.36. The standard InChI is InChI=1S/C13H12IN3O/c14-11-3-1-2-4-12(11)17-13(18)16-10-7-5-9(15)6-8-10/h1-8H,15H2,(H2,16,17,18). The molecule has 92 valence electrons.